The first kappa shape index (κ1) is 22.0. The number of hydrogen-bond acceptors (Lipinski definition) is 9. The van der Waals surface area contributed by atoms with Crippen LogP contribution in [-0.4, -0.2) is 37.3 Å². The third-order valence-corrected chi connectivity index (χ3v) is 6.41. The molecule has 2 aliphatic heterocycles. The molecule has 176 valence electrons. The van der Waals surface area contributed by atoms with Crippen LogP contribution >= 0.6 is 0 Å². The van der Waals surface area contributed by atoms with Crippen molar-refractivity contribution in [2.45, 2.75) is 32.7 Å². The smallest absolute Gasteiger partial charge is 0.340 e. The molecule has 0 amide bonds. The highest BCUT2D eigenvalue weighted by molar-refractivity contribution is 5.89. The average molecular weight is 467 g/mol. The van der Waals surface area contributed by atoms with Crippen molar-refractivity contribution in [3.63, 3.8) is 0 Å². The van der Waals surface area contributed by atoms with E-state index >= 15 is 0 Å². The van der Waals surface area contributed by atoms with Crippen LogP contribution in [0.4, 0.5) is 4.39 Å². The summed E-state index contributed by atoms with van der Waals surface area (Å²) in [5.41, 5.74) is 8.78. The Morgan fingerprint density at radius 1 is 1.35 bits per heavy atom. The van der Waals surface area contributed by atoms with Crippen molar-refractivity contribution < 1.29 is 24.1 Å². The van der Waals surface area contributed by atoms with Gasteiger partial charge in [0.25, 0.3) is 5.56 Å². The first-order valence-corrected chi connectivity index (χ1v) is 10.5. The van der Waals surface area contributed by atoms with Crippen molar-refractivity contribution in [2.24, 2.45) is 11.6 Å². The van der Waals surface area contributed by atoms with Gasteiger partial charge in [-0.15, -0.1) is 0 Å². The number of nitrogens with zero attached hydrogens (tertiary/aromatic N) is 3. The number of aryl methyl sites for hydroxylation is 1. The summed E-state index contributed by atoms with van der Waals surface area (Å²) in [6.45, 7) is 1.28. The van der Waals surface area contributed by atoms with E-state index in [-0.39, 0.29) is 43.1 Å². The summed E-state index contributed by atoms with van der Waals surface area (Å²) < 4.78 is 20.9. The van der Waals surface area contributed by atoms with Gasteiger partial charge in [-0.2, -0.15) is 0 Å². The quantitative estimate of drug-likeness (QED) is 0.190. The van der Waals surface area contributed by atoms with E-state index in [1.54, 1.807) is 19.1 Å². The fourth-order valence-corrected chi connectivity index (χ4v) is 4.53. The molecule has 1 unspecified atom stereocenters. The Morgan fingerprint density at radius 2 is 2.12 bits per heavy atom. The van der Waals surface area contributed by atoms with Crippen LogP contribution in [0.25, 0.3) is 22.3 Å². The third kappa shape index (κ3) is 3.16. The molecular formula is C23H22FN5O5. The highest BCUT2D eigenvalue weighted by Crippen LogP contribution is 2.38. The fourth-order valence-electron chi connectivity index (χ4n) is 4.53. The Labute approximate surface area is 192 Å². The number of carbonyl (C=O) groups is 1. The minimum Gasteiger partial charge on any atom is -0.458 e. The Hall–Kier alpha value is -3.80. The van der Waals surface area contributed by atoms with Crippen LogP contribution in [0.15, 0.2) is 34.9 Å². The zero-order valence-corrected chi connectivity index (χ0v) is 18.2. The SMILES string of the molecule is Cc1cc2c(CN(N)/C(=C\N)CO)c3c(nc2cc1F)-c1cc2c(c(=O)n1C3)COC(=O)C2O. The van der Waals surface area contributed by atoms with Gasteiger partial charge in [-0.25, -0.2) is 20.0 Å². The second-order valence-corrected chi connectivity index (χ2v) is 8.35. The van der Waals surface area contributed by atoms with Crippen LogP contribution < -0.4 is 17.1 Å². The van der Waals surface area contributed by atoms with E-state index in [9.17, 15) is 24.2 Å². The molecule has 0 fully saturated rings. The Balaban J connectivity index is 1.77. The summed E-state index contributed by atoms with van der Waals surface area (Å²) >= 11 is 0. The summed E-state index contributed by atoms with van der Waals surface area (Å²) in [6, 6.07) is 4.53. The molecule has 2 aliphatic rings. The number of pyridine rings is 2. The molecule has 0 bridgehead atoms. The highest BCUT2D eigenvalue weighted by Gasteiger charge is 2.35. The molecule has 10 nitrogen and oxygen atoms in total. The predicted octanol–water partition coefficient (Wildman–Crippen LogP) is 0.431. The second-order valence-electron chi connectivity index (χ2n) is 8.35. The molecule has 0 aliphatic carbocycles. The van der Waals surface area contributed by atoms with Crippen molar-refractivity contribution >= 4 is 16.9 Å². The summed E-state index contributed by atoms with van der Waals surface area (Å²) in [4.78, 5) is 29.7. The number of hydrogen-bond donors (Lipinski definition) is 4. The monoisotopic (exact) mass is 467 g/mol. The van der Waals surface area contributed by atoms with Gasteiger partial charge in [-0.05, 0) is 30.2 Å². The van der Waals surface area contributed by atoms with Crippen molar-refractivity contribution in [1.82, 2.24) is 14.6 Å². The molecule has 4 heterocycles. The number of carbonyl (C=O) groups excluding carboxylic acids is 1. The molecule has 3 aromatic rings. The lowest BCUT2D eigenvalue weighted by Gasteiger charge is -2.23. The number of aliphatic hydroxyl groups excluding tert-OH is 2. The first-order chi connectivity index (χ1) is 16.2. The van der Waals surface area contributed by atoms with Crippen LogP contribution in [0.5, 0.6) is 0 Å². The van der Waals surface area contributed by atoms with Crippen LogP contribution in [0.3, 0.4) is 0 Å². The molecule has 0 saturated carbocycles. The van der Waals surface area contributed by atoms with Gasteiger partial charge < -0.3 is 30.3 Å². The van der Waals surface area contributed by atoms with Gasteiger partial charge in [0.1, 0.15) is 12.4 Å². The van der Waals surface area contributed by atoms with Gasteiger partial charge in [0.05, 0.1) is 47.9 Å². The van der Waals surface area contributed by atoms with Gasteiger partial charge in [-0.3, -0.25) is 4.79 Å². The number of aliphatic hydroxyl groups is 2. The molecule has 5 rings (SSSR count). The Bertz CT molecular complexity index is 1460. The summed E-state index contributed by atoms with van der Waals surface area (Å²) in [5.74, 6) is 4.90. The lowest BCUT2D eigenvalue weighted by Crippen LogP contribution is -2.33. The number of benzene rings is 1. The van der Waals surface area contributed by atoms with Crippen molar-refractivity contribution in [3.8, 4) is 11.4 Å². The normalized spacial score (nSPS) is 16.8. The van der Waals surface area contributed by atoms with E-state index in [0.29, 0.717) is 39.0 Å². The molecule has 1 aromatic carbocycles. The number of nitrogens with two attached hydrogens (primary N) is 2. The summed E-state index contributed by atoms with van der Waals surface area (Å²) in [7, 11) is 0. The lowest BCUT2D eigenvalue weighted by molar-refractivity contribution is -0.157. The zero-order valence-electron chi connectivity index (χ0n) is 18.2. The molecule has 6 N–H and O–H groups in total. The standard InChI is InChI=1S/C23H22FN5O5/c1-10-2-12-14(7-29(26)11(5-25)8-30)15-6-28-19(20(15)27-18(12)4-17(10)24)3-13-16(22(28)32)9-34-23(33)21(13)31/h2-5,21,30-31H,6-9,25-26H2,1H3/b11-5-. The number of aromatic nitrogens is 2. The van der Waals surface area contributed by atoms with Gasteiger partial charge in [0, 0.05) is 28.8 Å². The van der Waals surface area contributed by atoms with E-state index in [2.05, 4.69) is 4.98 Å². The molecule has 0 saturated heterocycles. The van der Waals surface area contributed by atoms with Crippen LogP contribution in [0.2, 0.25) is 0 Å². The number of rotatable bonds is 4. The molecular weight excluding hydrogens is 445 g/mol. The molecule has 0 radical (unpaired) electrons. The number of fused-ring (bicyclic) bond motifs is 5. The zero-order chi connectivity index (χ0) is 24.3. The second kappa shape index (κ2) is 7.90. The molecule has 34 heavy (non-hydrogen) atoms. The summed E-state index contributed by atoms with van der Waals surface area (Å²) in [5, 5.41) is 21.8. The average Bonchev–Trinajstić information content (AvgIpc) is 3.17. The minimum atomic E-state index is -1.58. The van der Waals surface area contributed by atoms with E-state index < -0.39 is 23.4 Å². The highest BCUT2D eigenvalue weighted by atomic mass is 19.1. The number of hydrazine groups is 1. The molecule has 11 heteroatoms. The van der Waals surface area contributed by atoms with E-state index in [4.69, 9.17) is 16.3 Å². The fraction of sp³-hybridized carbons (Fsp3) is 0.261. The number of ether oxygens (including phenoxy) is 1. The maximum absolute atomic E-state index is 14.4. The van der Waals surface area contributed by atoms with Gasteiger partial charge >= 0.3 is 5.97 Å². The first-order valence-electron chi connectivity index (χ1n) is 10.5. The minimum absolute atomic E-state index is 0.0999. The maximum atomic E-state index is 14.4. The summed E-state index contributed by atoms with van der Waals surface area (Å²) in [6.07, 6.45) is -0.381. The van der Waals surface area contributed by atoms with Gasteiger partial charge in [-0.1, -0.05) is 0 Å². The van der Waals surface area contributed by atoms with Crippen molar-refractivity contribution in [1.29, 1.82) is 0 Å². The van der Waals surface area contributed by atoms with Crippen molar-refractivity contribution in [2.75, 3.05) is 6.61 Å². The van der Waals surface area contributed by atoms with Crippen molar-refractivity contribution in [3.05, 3.63) is 74.1 Å². The Kier molecular flexibility index (Phi) is 5.12. The van der Waals surface area contributed by atoms with E-state index in [1.165, 1.54) is 21.8 Å². The molecule has 1 atom stereocenters. The maximum Gasteiger partial charge on any atom is 0.340 e. The van der Waals surface area contributed by atoms with E-state index in [0.717, 1.165) is 0 Å². The van der Waals surface area contributed by atoms with Crippen LogP contribution in [-0.2, 0) is 29.2 Å². The lowest BCUT2D eigenvalue weighted by atomic mass is 9.97. The third-order valence-electron chi connectivity index (χ3n) is 6.41. The number of esters is 1. The van der Waals surface area contributed by atoms with Gasteiger partial charge in [0.15, 0.2) is 6.10 Å². The molecule has 2 aromatic heterocycles. The van der Waals surface area contributed by atoms with E-state index in [1.807, 2.05) is 0 Å². The molecule has 0 spiro atoms. The largest absolute Gasteiger partial charge is 0.458 e. The predicted molar refractivity (Wildman–Crippen MR) is 119 cm³/mol. The number of cyclic esters (lactones) is 1. The van der Waals surface area contributed by atoms with Crippen LogP contribution in [0, 0.1) is 12.7 Å². The van der Waals surface area contributed by atoms with Gasteiger partial charge in [0.2, 0.25) is 0 Å². The van der Waals surface area contributed by atoms with Crippen LogP contribution in [0.1, 0.15) is 33.9 Å². The topological polar surface area (TPSA) is 157 Å². The number of halogens is 1. The Morgan fingerprint density at radius 3 is 2.82 bits per heavy atom.